The molecule has 6 heteroatoms. The van der Waals surface area contributed by atoms with Gasteiger partial charge in [0.05, 0.1) is 4.90 Å². The van der Waals surface area contributed by atoms with Crippen molar-refractivity contribution in [3.63, 3.8) is 0 Å². The molecule has 0 fully saturated rings. The van der Waals surface area contributed by atoms with E-state index in [0.717, 1.165) is 5.56 Å². The zero-order chi connectivity index (χ0) is 18.7. The van der Waals surface area contributed by atoms with Gasteiger partial charge >= 0.3 is 0 Å². The first-order valence-electron chi connectivity index (χ1n) is 8.16. The molecular formula is C19H25FN2O2S. The molecule has 2 aromatic rings. The van der Waals surface area contributed by atoms with E-state index >= 15 is 0 Å². The molecule has 0 saturated heterocycles. The maximum absolute atomic E-state index is 13.3. The Kier molecular flexibility index (Phi) is 5.98. The molecule has 0 heterocycles. The van der Waals surface area contributed by atoms with Gasteiger partial charge in [-0.25, -0.2) is 17.5 Å². The van der Waals surface area contributed by atoms with Gasteiger partial charge in [0.25, 0.3) is 0 Å². The summed E-state index contributed by atoms with van der Waals surface area (Å²) in [6, 6.07) is 11.9. The lowest BCUT2D eigenvalue weighted by Gasteiger charge is -2.21. The molecule has 0 spiro atoms. The molecule has 2 rings (SSSR count). The molecule has 0 aliphatic heterocycles. The highest BCUT2D eigenvalue weighted by Gasteiger charge is 2.23. The van der Waals surface area contributed by atoms with E-state index in [-0.39, 0.29) is 10.7 Å². The second-order valence-electron chi connectivity index (χ2n) is 7.15. The third-order valence-electron chi connectivity index (χ3n) is 3.57. The van der Waals surface area contributed by atoms with Crippen molar-refractivity contribution in [3.8, 4) is 0 Å². The van der Waals surface area contributed by atoms with Gasteiger partial charge in [-0.15, -0.1) is 0 Å². The Labute approximate surface area is 149 Å². The first-order valence-corrected chi connectivity index (χ1v) is 9.64. The van der Waals surface area contributed by atoms with Crippen LogP contribution in [0.2, 0.25) is 0 Å². The van der Waals surface area contributed by atoms with E-state index in [1.165, 1.54) is 6.07 Å². The number of rotatable bonds is 6. The summed E-state index contributed by atoms with van der Waals surface area (Å²) in [6.07, 6.45) is 0. The summed E-state index contributed by atoms with van der Waals surface area (Å²) < 4.78 is 41.2. The lowest BCUT2D eigenvalue weighted by molar-refractivity contribution is 0.490. The van der Waals surface area contributed by atoms with Crippen molar-refractivity contribution >= 4 is 10.0 Å². The van der Waals surface area contributed by atoms with Crippen molar-refractivity contribution in [2.45, 2.75) is 51.2 Å². The van der Waals surface area contributed by atoms with Gasteiger partial charge in [0.15, 0.2) is 0 Å². The van der Waals surface area contributed by atoms with E-state index in [2.05, 4.69) is 10.0 Å². The normalized spacial score (nSPS) is 12.4. The van der Waals surface area contributed by atoms with Crippen LogP contribution in [0.3, 0.4) is 0 Å². The Morgan fingerprint density at radius 1 is 1.04 bits per heavy atom. The summed E-state index contributed by atoms with van der Waals surface area (Å²) in [5.41, 5.74) is 1.69. The third-order valence-corrected chi connectivity index (χ3v) is 5.43. The van der Waals surface area contributed by atoms with Gasteiger partial charge in [-0.05, 0) is 56.5 Å². The molecule has 0 amide bonds. The van der Waals surface area contributed by atoms with Crippen LogP contribution < -0.4 is 10.0 Å². The Hall–Kier alpha value is -1.76. The molecule has 0 aliphatic rings. The molecule has 25 heavy (non-hydrogen) atoms. The zero-order valence-electron chi connectivity index (χ0n) is 15.1. The maximum Gasteiger partial charge on any atom is 0.241 e. The Balaban J connectivity index is 2.11. The van der Waals surface area contributed by atoms with Gasteiger partial charge in [-0.1, -0.05) is 30.3 Å². The summed E-state index contributed by atoms with van der Waals surface area (Å²) in [6.45, 7) is 8.07. The number of aryl methyl sites for hydroxylation is 1. The molecule has 0 aliphatic carbocycles. The van der Waals surface area contributed by atoms with Gasteiger partial charge in [-0.2, -0.15) is 0 Å². The number of sulfonamides is 1. The van der Waals surface area contributed by atoms with Crippen LogP contribution in [0.5, 0.6) is 0 Å². The van der Waals surface area contributed by atoms with Crippen molar-refractivity contribution in [1.82, 2.24) is 10.0 Å². The van der Waals surface area contributed by atoms with Gasteiger partial charge in [0.2, 0.25) is 10.0 Å². The van der Waals surface area contributed by atoms with Crippen molar-refractivity contribution in [2.75, 3.05) is 0 Å². The minimum Gasteiger partial charge on any atom is -0.309 e. The predicted octanol–water partition coefficient (Wildman–Crippen LogP) is 3.50. The number of hydrogen-bond donors (Lipinski definition) is 2. The molecule has 0 radical (unpaired) electrons. The highest BCUT2D eigenvalue weighted by molar-refractivity contribution is 7.89. The Morgan fingerprint density at radius 3 is 2.36 bits per heavy atom. The molecule has 136 valence electrons. The van der Waals surface area contributed by atoms with Crippen LogP contribution in [0.15, 0.2) is 47.4 Å². The minimum atomic E-state index is -3.60. The van der Waals surface area contributed by atoms with Crippen molar-refractivity contribution in [2.24, 2.45) is 0 Å². The average molecular weight is 364 g/mol. The second kappa shape index (κ2) is 7.64. The van der Waals surface area contributed by atoms with Crippen molar-refractivity contribution in [1.29, 1.82) is 0 Å². The van der Waals surface area contributed by atoms with Crippen LogP contribution in [0.1, 0.15) is 37.5 Å². The number of hydrogen-bond acceptors (Lipinski definition) is 3. The lowest BCUT2D eigenvalue weighted by Crippen LogP contribution is -2.40. The lowest BCUT2D eigenvalue weighted by atomic mass is 10.1. The molecule has 0 unspecified atom stereocenters. The standard InChI is InChI=1S/C19H25FN2O2S/c1-14-11-15(9-10-17(14)20)12-21-13-16-7-5-6-8-18(16)25(23,24)22-19(2,3)4/h5-11,21-22H,12-13H2,1-4H3. The van der Waals surface area contributed by atoms with Crippen molar-refractivity contribution < 1.29 is 12.8 Å². The van der Waals surface area contributed by atoms with E-state index in [4.69, 9.17) is 0 Å². The van der Waals surface area contributed by atoms with Gasteiger partial charge in [0, 0.05) is 18.6 Å². The SMILES string of the molecule is Cc1cc(CNCc2ccccc2S(=O)(=O)NC(C)(C)C)ccc1F. The zero-order valence-corrected chi connectivity index (χ0v) is 15.9. The first kappa shape index (κ1) is 19.6. The van der Waals surface area contributed by atoms with E-state index in [9.17, 15) is 12.8 Å². The molecule has 2 aromatic carbocycles. The van der Waals surface area contributed by atoms with Crippen LogP contribution in [0.25, 0.3) is 0 Å². The average Bonchev–Trinajstić information content (AvgIpc) is 2.49. The first-order chi connectivity index (χ1) is 11.6. The molecule has 0 saturated carbocycles. The van der Waals surface area contributed by atoms with Gasteiger partial charge < -0.3 is 5.32 Å². The Morgan fingerprint density at radius 2 is 1.72 bits per heavy atom. The smallest absolute Gasteiger partial charge is 0.241 e. The highest BCUT2D eigenvalue weighted by Crippen LogP contribution is 2.18. The minimum absolute atomic E-state index is 0.228. The fraction of sp³-hybridized carbons (Fsp3) is 0.368. The van der Waals surface area contributed by atoms with E-state index < -0.39 is 15.6 Å². The van der Waals surface area contributed by atoms with Gasteiger partial charge in [-0.3, -0.25) is 0 Å². The summed E-state index contributed by atoms with van der Waals surface area (Å²) in [5.74, 6) is -0.228. The van der Waals surface area contributed by atoms with Crippen LogP contribution in [0, 0.1) is 12.7 Å². The van der Waals surface area contributed by atoms with E-state index in [1.807, 2.05) is 26.8 Å². The highest BCUT2D eigenvalue weighted by atomic mass is 32.2. The summed E-state index contributed by atoms with van der Waals surface area (Å²) in [7, 11) is -3.60. The quantitative estimate of drug-likeness (QED) is 0.825. The topological polar surface area (TPSA) is 58.2 Å². The molecule has 4 nitrogen and oxygen atoms in total. The fourth-order valence-corrected chi connectivity index (χ4v) is 4.19. The molecular weight excluding hydrogens is 339 g/mol. The molecule has 0 atom stereocenters. The van der Waals surface area contributed by atoms with Crippen LogP contribution in [0.4, 0.5) is 4.39 Å². The third kappa shape index (κ3) is 5.63. The van der Waals surface area contributed by atoms with Crippen LogP contribution in [-0.4, -0.2) is 14.0 Å². The second-order valence-corrected chi connectivity index (χ2v) is 8.80. The monoisotopic (exact) mass is 364 g/mol. The summed E-state index contributed by atoms with van der Waals surface area (Å²) in [4.78, 5) is 0.271. The van der Waals surface area contributed by atoms with E-state index in [0.29, 0.717) is 24.2 Å². The fourth-order valence-electron chi connectivity index (χ4n) is 2.53. The number of halogens is 1. The summed E-state index contributed by atoms with van der Waals surface area (Å²) in [5, 5.41) is 3.23. The van der Waals surface area contributed by atoms with Gasteiger partial charge in [0.1, 0.15) is 5.82 Å². The maximum atomic E-state index is 13.3. The number of benzene rings is 2. The van der Waals surface area contributed by atoms with Crippen LogP contribution >= 0.6 is 0 Å². The molecule has 0 aromatic heterocycles. The molecule has 2 N–H and O–H groups in total. The largest absolute Gasteiger partial charge is 0.309 e. The van der Waals surface area contributed by atoms with E-state index in [1.54, 1.807) is 37.3 Å². The van der Waals surface area contributed by atoms with Crippen LogP contribution in [-0.2, 0) is 23.1 Å². The van der Waals surface area contributed by atoms with Crippen molar-refractivity contribution in [3.05, 3.63) is 65.0 Å². The predicted molar refractivity (Wildman–Crippen MR) is 98.2 cm³/mol. The Bertz CT molecular complexity index is 843. The molecule has 0 bridgehead atoms. The summed E-state index contributed by atoms with van der Waals surface area (Å²) >= 11 is 0. The number of nitrogens with one attached hydrogen (secondary N) is 2.